The molecule has 33 heavy (non-hydrogen) atoms. The monoisotopic (exact) mass is 580 g/mol. The lowest BCUT2D eigenvalue weighted by Gasteiger charge is -2.26. The first-order valence-corrected chi connectivity index (χ1v) is 11.9. The molecule has 0 amide bonds. The minimum absolute atomic E-state index is 0.198. The van der Waals surface area contributed by atoms with E-state index < -0.39 is 12.0 Å². The number of hydrogen-bond donors (Lipinski definition) is 0. The van der Waals surface area contributed by atoms with Crippen LogP contribution in [0.3, 0.4) is 0 Å². The van der Waals surface area contributed by atoms with Crippen molar-refractivity contribution in [1.29, 1.82) is 0 Å². The Morgan fingerprint density at radius 1 is 1.27 bits per heavy atom. The smallest absolute Gasteiger partial charge is 0.338 e. The van der Waals surface area contributed by atoms with E-state index in [1.54, 1.807) is 51.3 Å². The van der Waals surface area contributed by atoms with Crippen LogP contribution in [0.5, 0.6) is 11.5 Å². The molecular weight excluding hydrogens is 559 g/mol. The van der Waals surface area contributed by atoms with Gasteiger partial charge in [0.15, 0.2) is 8.57 Å². The van der Waals surface area contributed by atoms with Crippen molar-refractivity contribution in [3.05, 3.63) is 76.4 Å². The molecule has 0 bridgehead atoms. The molecule has 172 valence electrons. The van der Waals surface area contributed by atoms with Crippen LogP contribution in [-0.2, 0) is 9.53 Å². The molecule has 3 heterocycles. The van der Waals surface area contributed by atoms with Crippen LogP contribution in [0.15, 0.2) is 55.8 Å². The third kappa shape index (κ3) is 4.36. The third-order valence-corrected chi connectivity index (χ3v) is 6.68. The fourth-order valence-electron chi connectivity index (χ4n) is 3.67. The zero-order chi connectivity index (χ0) is 23.7. The molecule has 0 aliphatic carbocycles. The molecule has 10 heteroatoms. The Hall–Kier alpha value is -2.86. The van der Waals surface area contributed by atoms with Gasteiger partial charge in [0.2, 0.25) is 0 Å². The van der Waals surface area contributed by atoms with Gasteiger partial charge in [-0.1, -0.05) is 11.3 Å². The Bertz CT molecular complexity index is 1430. The summed E-state index contributed by atoms with van der Waals surface area (Å²) in [7, 11) is 3.09. The van der Waals surface area contributed by atoms with Crippen molar-refractivity contribution in [2.45, 2.75) is 19.9 Å². The molecule has 0 saturated carbocycles. The van der Waals surface area contributed by atoms with Gasteiger partial charge in [-0.15, -0.1) is 0 Å². The lowest BCUT2D eigenvalue weighted by Crippen LogP contribution is -2.40. The molecule has 0 saturated heterocycles. The molecule has 2 aromatic heterocycles. The normalized spacial score (nSPS) is 15.8. The third-order valence-electron chi connectivity index (χ3n) is 5.12. The Morgan fingerprint density at radius 2 is 2.06 bits per heavy atom. The number of benzene rings is 1. The van der Waals surface area contributed by atoms with Crippen LogP contribution in [0.25, 0.3) is 6.08 Å². The predicted octanol–water partition coefficient (Wildman–Crippen LogP) is 3.01. The zero-order valence-electron chi connectivity index (χ0n) is 18.4. The maximum Gasteiger partial charge on any atom is 0.338 e. The highest BCUT2D eigenvalue weighted by Crippen LogP contribution is 2.37. The largest absolute Gasteiger partial charge is 0.497 e. The van der Waals surface area contributed by atoms with Crippen molar-refractivity contribution in [1.82, 2.24) is 4.57 Å². The SMILES string of the molecule is CCOC(=O)C1=C(C)N=c2s/c(=C\c3ccc(I)o3)c(=O)n2[C@@H]1c1ccc(OC)cc1OC. The van der Waals surface area contributed by atoms with Gasteiger partial charge in [-0.05, 0) is 60.7 Å². The van der Waals surface area contributed by atoms with Crippen molar-refractivity contribution in [3.8, 4) is 11.5 Å². The maximum absolute atomic E-state index is 13.6. The number of aromatic nitrogens is 1. The summed E-state index contributed by atoms with van der Waals surface area (Å²) in [5.41, 5.74) is 1.10. The highest BCUT2D eigenvalue weighted by atomic mass is 127. The van der Waals surface area contributed by atoms with E-state index in [0.717, 1.165) is 0 Å². The molecule has 4 rings (SSSR count). The molecule has 0 unspecified atom stereocenters. The standard InChI is InChI=1S/C23H21IN2O6S/c1-5-31-22(28)19-12(2)25-23-26(20(19)15-8-6-13(29-3)10-16(15)30-4)21(27)17(33-23)11-14-7-9-18(24)32-14/h6-11,20H,5H2,1-4H3/b17-11-/t20-/m1/s1. The van der Waals surface area contributed by atoms with Gasteiger partial charge >= 0.3 is 5.97 Å². The summed E-state index contributed by atoms with van der Waals surface area (Å²) < 4.78 is 24.5. The van der Waals surface area contributed by atoms with Crippen LogP contribution in [-0.4, -0.2) is 31.4 Å². The second-order valence-corrected chi connectivity index (χ2v) is 9.12. The van der Waals surface area contributed by atoms with Gasteiger partial charge in [0, 0.05) is 17.7 Å². The summed E-state index contributed by atoms with van der Waals surface area (Å²) in [5.74, 6) is 1.10. The number of fused-ring (bicyclic) bond motifs is 1. The van der Waals surface area contributed by atoms with Gasteiger partial charge in [-0.3, -0.25) is 9.36 Å². The number of methoxy groups -OCH3 is 2. The number of furan rings is 1. The number of esters is 1. The van der Waals surface area contributed by atoms with Crippen LogP contribution < -0.4 is 24.4 Å². The number of allylic oxidation sites excluding steroid dienone is 1. The average Bonchev–Trinajstić information content (AvgIpc) is 3.34. The van der Waals surface area contributed by atoms with E-state index >= 15 is 0 Å². The molecule has 0 N–H and O–H groups in total. The molecule has 1 atom stereocenters. The van der Waals surface area contributed by atoms with Gasteiger partial charge in [-0.25, -0.2) is 9.79 Å². The van der Waals surface area contributed by atoms with Crippen LogP contribution >= 0.6 is 33.9 Å². The Kier molecular flexibility index (Phi) is 6.75. The molecule has 0 spiro atoms. The zero-order valence-corrected chi connectivity index (χ0v) is 21.4. The number of carbonyl (C=O) groups excluding carboxylic acids is 1. The van der Waals surface area contributed by atoms with Gasteiger partial charge in [0.25, 0.3) is 5.56 Å². The first-order chi connectivity index (χ1) is 15.9. The van der Waals surface area contributed by atoms with E-state index in [9.17, 15) is 9.59 Å². The molecule has 0 fully saturated rings. The van der Waals surface area contributed by atoms with E-state index in [1.165, 1.54) is 23.0 Å². The average molecular weight is 580 g/mol. The number of carbonyl (C=O) groups is 1. The summed E-state index contributed by atoms with van der Waals surface area (Å²) in [4.78, 5) is 31.6. The number of ether oxygens (including phenoxy) is 3. The Labute approximate surface area is 206 Å². The highest BCUT2D eigenvalue weighted by molar-refractivity contribution is 14.1. The fourth-order valence-corrected chi connectivity index (χ4v) is 5.13. The van der Waals surface area contributed by atoms with Crippen molar-refractivity contribution in [2.75, 3.05) is 20.8 Å². The van der Waals surface area contributed by atoms with E-state index in [1.807, 2.05) is 6.07 Å². The Balaban J connectivity index is 2.00. The van der Waals surface area contributed by atoms with Crippen LogP contribution in [0.1, 0.15) is 31.2 Å². The summed E-state index contributed by atoms with van der Waals surface area (Å²) in [6, 6.07) is 8.09. The van der Waals surface area contributed by atoms with Crippen molar-refractivity contribution in [3.63, 3.8) is 0 Å². The number of rotatable bonds is 6. The highest BCUT2D eigenvalue weighted by Gasteiger charge is 2.35. The number of hydrogen-bond acceptors (Lipinski definition) is 8. The van der Waals surface area contributed by atoms with E-state index in [0.29, 0.717) is 41.6 Å². The lowest BCUT2D eigenvalue weighted by atomic mass is 9.95. The lowest BCUT2D eigenvalue weighted by molar-refractivity contribution is -0.139. The number of halogens is 1. The maximum atomic E-state index is 13.6. The Morgan fingerprint density at radius 3 is 2.70 bits per heavy atom. The van der Waals surface area contributed by atoms with Gasteiger partial charge in [-0.2, -0.15) is 0 Å². The predicted molar refractivity (Wildman–Crippen MR) is 131 cm³/mol. The van der Waals surface area contributed by atoms with Gasteiger partial charge in [0.05, 0.1) is 36.6 Å². The summed E-state index contributed by atoms with van der Waals surface area (Å²) in [6.07, 6.45) is 1.68. The van der Waals surface area contributed by atoms with Crippen LogP contribution in [0.4, 0.5) is 0 Å². The second kappa shape index (κ2) is 9.56. The number of thiazole rings is 1. The van der Waals surface area contributed by atoms with Gasteiger partial charge < -0.3 is 18.6 Å². The first-order valence-electron chi connectivity index (χ1n) is 10.0. The fraction of sp³-hybridized carbons (Fsp3) is 0.261. The summed E-state index contributed by atoms with van der Waals surface area (Å²) in [6.45, 7) is 3.67. The first kappa shape index (κ1) is 23.3. The molecule has 1 aliphatic rings. The van der Waals surface area contributed by atoms with E-state index in [-0.39, 0.29) is 17.7 Å². The summed E-state index contributed by atoms with van der Waals surface area (Å²) >= 11 is 3.30. The summed E-state index contributed by atoms with van der Waals surface area (Å²) in [5, 5.41) is 0. The molecule has 1 aromatic carbocycles. The second-order valence-electron chi connectivity index (χ2n) is 7.05. The van der Waals surface area contributed by atoms with Crippen LogP contribution in [0, 0.1) is 3.77 Å². The van der Waals surface area contributed by atoms with E-state index in [2.05, 4.69) is 27.6 Å². The number of nitrogens with zero attached hydrogens (tertiary/aromatic N) is 2. The van der Waals surface area contributed by atoms with Crippen molar-refractivity contribution >= 4 is 46.0 Å². The minimum atomic E-state index is -0.778. The van der Waals surface area contributed by atoms with E-state index in [4.69, 9.17) is 18.6 Å². The van der Waals surface area contributed by atoms with Crippen molar-refractivity contribution in [2.24, 2.45) is 4.99 Å². The van der Waals surface area contributed by atoms with Crippen LogP contribution in [0.2, 0.25) is 0 Å². The molecule has 8 nitrogen and oxygen atoms in total. The molecule has 1 aliphatic heterocycles. The molecule has 0 radical (unpaired) electrons. The van der Waals surface area contributed by atoms with Gasteiger partial charge in [0.1, 0.15) is 23.3 Å². The quantitative estimate of drug-likeness (QED) is 0.329. The minimum Gasteiger partial charge on any atom is -0.497 e. The molecular formula is C23H21IN2O6S. The molecule has 3 aromatic rings. The topological polar surface area (TPSA) is 92.3 Å². The van der Waals surface area contributed by atoms with Crippen molar-refractivity contribution < 1.29 is 23.4 Å².